The fourth-order valence-corrected chi connectivity index (χ4v) is 2.26. The molecule has 3 N–H and O–H groups in total. The van der Waals surface area contributed by atoms with E-state index in [-0.39, 0.29) is 5.91 Å². The Labute approximate surface area is 114 Å². The van der Waals surface area contributed by atoms with Gasteiger partial charge in [-0.05, 0) is 36.2 Å². The molecule has 0 aliphatic carbocycles. The van der Waals surface area contributed by atoms with Gasteiger partial charge in [-0.3, -0.25) is 4.79 Å². The van der Waals surface area contributed by atoms with Gasteiger partial charge >= 0.3 is 0 Å². The first kappa shape index (κ1) is 13.3. The highest BCUT2D eigenvalue weighted by Crippen LogP contribution is 2.25. The number of aromatic nitrogens is 2. The fourth-order valence-electron chi connectivity index (χ4n) is 1.61. The first-order valence-electron chi connectivity index (χ1n) is 5.71. The lowest BCUT2D eigenvalue weighted by Gasteiger charge is -2.08. The molecule has 0 radical (unpaired) electrons. The number of amides is 1. The quantitative estimate of drug-likeness (QED) is 0.834. The molecule has 7 heteroatoms. The minimum atomic E-state index is -0.226. The molecule has 0 atom stereocenters. The summed E-state index contributed by atoms with van der Waals surface area (Å²) in [4.78, 5) is 12.6. The SMILES string of the molecule is CCc1nnsc1C(=O)Nc1ccc(OC)c(N)c1. The van der Waals surface area contributed by atoms with Gasteiger partial charge in [-0.1, -0.05) is 11.4 Å². The number of nitrogens with zero attached hydrogens (tertiary/aromatic N) is 2. The molecule has 1 aromatic carbocycles. The van der Waals surface area contributed by atoms with Crippen LogP contribution in [0.1, 0.15) is 22.3 Å². The molecule has 1 heterocycles. The molecule has 6 nitrogen and oxygen atoms in total. The Morgan fingerprint density at radius 3 is 2.95 bits per heavy atom. The lowest BCUT2D eigenvalue weighted by molar-refractivity contribution is 0.102. The van der Waals surface area contributed by atoms with Crippen LogP contribution in [-0.2, 0) is 6.42 Å². The van der Waals surface area contributed by atoms with E-state index in [2.05, 4.69) is 14.9 Å². The van der Waals surface area contributed by atoms with E-state index < -0.39 is 0 Å². The molecular formula is C12H14N4O2S. The molecule has 19 heavy (non-hydrogen) atoms. The molecule has 100 valence electrons. The van der Waals surface area contributed by atoms with Crippen molar-refractivity contribution in [2.24, 2.45) is 0 Å². The van der Waals surface area contributed by atoms with Crippen LogP contribution in [0.5, 0.6) is 5.75 Å². The Morgan fingerprint density at radius 2 is 2.32 bits per heavy atom. The maximum atomic E-state index is 12.1. The predicted octanol–water partition coefficient (Wildman–Crippen LogP) is 1.94. The van der Waals surface area contributed by atoms with Crippen molar-refractivity contribution in [2.75, 3.05) is 18.2 Å². The third-order valence-electron chi connectivity index (χ3n) is 2.58. The zero-order valence-electron chi connectivity index (χ0n) is 10.6. The molecule has 2 aromatic rings. The Balaban J connectivity index is 2.17. The van der Waals surface area contributed by atoms with E-state index in [1.54, 1.807) is 25.3 Å². The summed E-state index contributed by atoms with van der Waals surface area (Å²) in [6.07, 6.45) is 0.671. The average molecular weight is 278 g/mol. The lowest BCUT2D eigenvalue weighted by atomic mass is 10.2. The molecule has 0 unspecified atom stereocenters. The van der Waals surface area contributed by atoms with E-state index >= 15 is 0 Å². The molecule has 2 rings (SSSR count). The first-order chi connectivity index (χ1) is 9.15. The fraction of sp³-hybridized carbons (Fsp3) is 0.250. The predicted molar refractivity (Wildman–Crippen MR) is 74.6 cm³/mol. The minimum absolute atomic E-state index is 0.226. The van der Waals surface area contributed by atoms with Gasteiger partial charge in [0.2, 0.25) is 0 Å². The summed E-state index contributed by atoms with van der Waals surface area (Å²) in [6, 6.07) is 5.08. The van der Waals surface area contributed by atoms with Crippen molar-refractivity contribution in [1.82, 2.24) is 9.59 Å². The van der Waals surface area contributed by atoms with Gasteiger partial charge in [0.25, 0.3) is 5.91 Å². The van der Waals surface area contributed by atoms with Crippen LogP contribution in [0.3, 0.4) is 0 Å². The summed E-state index contributed by atoms with van der Waals surface area (Å²) in [5.74, 6) is 0.350. The van der Waals surface area contributed by atoms with Gasteiger partial charge in [-0.2, -0.15) is 0 Å². The molecule has 0 saturated carbocycles. The number of ether oxygens (including phenoxy) is 1. The number of hydrogen-bond donors (Lipinski definition) is 2. The van der Waals surface area contributed by atoms with E-state index in [0.29, 0.717) is 34.1 Å². The van der Waals surface area contributed by atoms with Gasteiger partial charge < -0.3 is 15.8 Å². The van der Waals surface area contributed by atoms with Crippen LogP contribution in [0, 0.1) is 0 Å². The molecule has 0 aliphatic heterocycles. The number of carbonyl (C=O) groups is 1. The van der Waals surface area contributed by atoms with Crippen molar-refractivity contribution in [2.45, 2.75) is 13.3 Å². The number of nitrogen functional groups attached to an aromatic ring is 1. The highest BCUT2D eigenvalue weighted by molar-refractivity contribution is 7.08. The number of aryl methyl sites for hydroxylation is 1. The highest BCUT2D eigenvalue weighted by Gasteiger charge is 2.15. The first-order valence-corrected chi connectivity index (χ1v) is 6.49. The Morgan fingerprint density at radius 1 is 1.53 bits per heavy atom. The van der Waals surface area contributed by atoms with E-state index in [9.17, 15) is 4.79 Å². The Kier molecular flexibility index (Phi) is 3.96. The van der Waals surface area contributed by atoms with Crippen molar-refractivity contribution in [3.63, 3.8) is 0 Å². The standard InChI is InChI=1S/C12H14N4O2S/c1-3-9-11(19-16-15-9)12(17)14-7-4-5-10(18-2)8(13)6-7/h4-6H,3,13H2,1-2H3,(H,14,17). The van der Waals surface area contributed by atoms with Crippen molar-refractivity contribution in [1.29, 1.82) is 0 Å². The van der Waals surface area contributed by atoms with Gasteiger partial charge in [0.1, 0.15) is 10.6 Å². The summed E-state index contributed by atoms with van der Waals surface area (Å²) < 4.78 is 8.84. The largest absolute Gasteiger partial charge is 0.495 e. The van der Waals surface area contributed by atoms with Crippen LogP contribution in [0.2, 0.25) is 0 Å². The molecule has 1 amide bonds. The van der Waals surface area contributed by atoms with Crippen LogP contribution in [-0.4, -0.2) is 22.6 Å². The van der Waals surface area contributed by atoms with Crippen LogP contribution >= 0.6 is 11.5 Å². The van der Waals surface area contributed by atoms with Crippen LogP contribution < -0.4 is 15.8 Å². The Bertz CT molecular complexity index is 597. The van der Waals surface area contributed by atoms with Gasteiger partial charge in [0.05, 0.1) is 18.5 Å². The van der Waals surface area contributed by atoms with Gasteiger partial charge in [-0.25, -0.2) is 0 Å². The maximum absolute atomic E-state index is 12.1. The Hall–Kier alpha value is -2.15. The normalized spacial score (nSPS) is 10.2. The van der Waals surface area contributed by atoms with E-state index in [0.717, 1.165) is 11.5 Å². The van der Waals surface area contributed by atoms with Gasteiger partial charge in [0.15, 0.2) is 0 Å². The van der Waals surface area contributed by atoms with Crippen molar-refractivity contribution in [3.8, 4) is 5.75 Å². The summed E-state index contributed by atoms with van der Waals surface area (Å²) in [6.45, 7) is 1.93. The van der Waals surface area contributed by atoms with E-state index in [4.69, 9.17) is 10.5 Å². The molecule has 0 saturated heterocycles. The van der Waals surface area contributed by atoms with Crippen LogP contribution in [0.4, 0.5) is 11.4 Å². The molecule has 0 spiro atoms. The second-order valence-corrected chi connectivity index (χ2v) is 4.57. The second-order valence-electron chi connectivity index (χ2n) is 3.81. The topological polar surface area (TPSA) is 90.1 Å². The maximum Gasteiger partial charge on any atom is 0.269 e. The van der Waals surface area contributed by atoms with Crippen molar-refractivity contribution < 1.29 is 9.53 Å². The van der Waals surface area contributed by atoms with Crippen LogP contribution in [0.25, 0.3) is 0 Å². The van der Waals surface area contributed by atoms with E-state index in [1.807, 2.05) is 6.92 Å². The lowest BCUT2D eigenvalue weighted by Crippen LogP contribution is -2.12. The van der Waals surface area contributed by atoms with Crippen molar-refractivity contribution in [3.05, 3.63) is 28.8 Å². The smallest absolute Gasteiger partial charge is 0.269 e. The van der Waals surface area contributed by atoms with Gasteiger partial charge in [-0.15, -0.1) is 5.10 Å². The third-order valence-corrected chi connectivity index (χ3v) is 3.35. The molecule has 0 aliphatic rings. The molecule has 0 fully saturated rings. The number of hydrogen-bond acceptors (Lipinski definition) is 6. The number of carbonyl (C=O) groups excluding carboxylic acids is 1. The number of nitrogens with two attached hydrogens (primary N) is 1. The summed E-state index contributed by atoms with van der Waals surface area (Å²) in [5.41, 5.74) is 7.56. The van der Waals surface area contributed by atoms with Crippen molar-refractivity contribution >= 4 is 28.8 Å². The number of anilines is 2. The minimum Gasteiger partial charge on any atom is -0.495 e. The molecule has 0 bridgehead atoms. The number of benzene rings is 1. The summed E-state index contributed by atoms with van der Waals surface area (Å²) in [5, 5.41) is 6.67. The summed E-state index contributed by atoms with van der Waals surface area (Å²) in [7, 11) is 1.54. The monoisotopic (exact) mass is 278 g/mol. The molecule has 1 aromatic heterocycles. The zero-order valence-corrected chi connectivity index (χ0v) is 11.5. The zero-order chi connectivity index (χ0) is 13.8. The van der Waals surface area contributed by atoms with Gasteiger partial charge in [0, 0.05) is 5.69 Å². The third kappa shape index (κ3) is 2.82. The summed E-state index contributed by atoms with van der Waals surface area (Å²) >= 11 is 1.08. The number of nitrogens with one attached hydrogen (secondary N) is 1. The van der Waals surface area contributed by atoms with Crippen LogP contribution in [0.15, 0.2) is 18.2 Å². The number of methoxy groups -OCH3 is 1. The average Bonchev–Trinajstić information content (AvgIpc) is 2.87. The number of rotatable bonds is 4. The molecular weight excluding hydrogens is 264 g/mol. The second kappa shape index (κ2) is 5.66. The van der Waals surface area contributed by atoms with E-state index in [1.165, 1.54) is 0 Å². The highest BCUT2D eigenvalue weighted by atomic mass is 32.1.